The number of halogens is 1. The van der Waals surface area contributed by atoms with Crippen molar-refractivity contribution < 1.29 is 9.53 Å². The molecule has 0 bridgehead atoms. The summed E-state index contributed by atoms with van der Waals surface area (Å²) in [6.07, 6.45) is 3.32. The maximum absolute atomic E-state index is 11.9. The molecule has 0 saturated heterocycles. The van der Waals surface area contributed by atoms with Gasteiger partial charge < -0.3 is 4.74 Å². The van der Waals surface area contributed by atoms with E-state index in [2.05, 4.69) is 10.1 Å². The molecule has 0 N–H and O–H groups in total. The van der Waals surface area contributed by atoms with Crippen LogP contribution in [0.5, 0.6) is 0 Å². The van der Waals surface area contributed by atoms with E-state index in [0.29, 0.717) is 18.0 Å². The molecular formula is C13H14ClN3O2. The zero-order chi connectivity index (χ0) is 13.8. The van der Waals surface area contributed by atoms with E-state index in [9.17, 15) is 4.79 Å². The van der Waals surface area contributed by atoms with Gasteiger partial charge in [0.2, 0.25) is 0 Å². The first-order chi connectivity index (χ1) is 9.13. The van der Waals surface area contributed by atoms with Crippen LogP contribution in [0, 0.1) is 0 Å². The lowest BCUT2D eigenvalue weighted by atomic mass is 10.2. The lowest BCUT2D eigenvalue weighted by Gasteiger charge is -2.07. The molecule has 2 aromatic heterocycles. The van der Waals surface area contributed by atoms with Gasteiger partial charge in [-0.15, -0.1) is 11.6 Å². The molecule has 6 heteroatoms. The second-order valence-electron chi connectivity index (χ2n) is 3.90. The van der Waals surface area contributed by atoms with Crippen molar-refractivity contribution in [2.45, 2.75) is 19.2 Å². The summed E-state index contributed by atoms with van der Waals surface area (Å²) in [5.74, 6) is 0.0195. The molecule has 0 aliphatic heterocycles. The Balaban J connectivity index is 2.41. The van der Waals surface area contributed by atoms with Crippen LogP contribution in [-0.4, -0.2) is 27.3 Å². The monoisotopic (exact) mass is 279 g/mol. The van der Waals surface area contributed by atoms with E-state index in [4.69, 9.17) is 16.3 Å². The number of carbonyl (C=O) groups excluding carboxylic acids is 1. The van der Waals surface area contributed by atoms with Gasteiger partial charge in [-0.25, -0.2) is 14.5 Å². The van der Waals surface area contributed by atoms with Crippen LogP contribution in [-0.2, 0) is 4.74 Å². The molecule has 0 fully saturated rings. The summed E-state index contributed by atoms with van der Waals surface area (Å²) < 4.78 is 6.53. The number of carbonyl (C=O) groups is 1. The molecule has 1 atom stereocenters. The van der Waals surface area contributed by atoms with Crippen LogP contribution < -0.4 is 0 Å². The lowest BCUT2D eigenvalue weighted by Crippen LogP contribution is -2.11. The summed E-state index contributed by atoms with van der Waals surface area (Å²) in [7, 11) is 0. The smallest absolute Gasteiger partial charge is 0.341 e. The Hall–Kier alpha value is -1.88. The first-order valence-electron chi connectivity index (χ1n) is 5.95. The summed E-state index contributed by atoms with van der Waals surface area (Å²) in [5, 5.41) is 4.10. The fourth-order valence-corrected chi connectivity index (χ4v) is 1.73. The van der Waals surface area contributed by atoms with Crippen molar-refractivity contribution in [3.63, 3.8) is 0 Å². The molecule has 0 saturated carbocycles. The van der Waals surface area contributed by atoms with Gasteiger partial charge in [0.15, 0.2) is 5.82 Å². The third kappa shape index (κ3) is 2.93. The van der Waals surface area contributed by atoms with E-state index in [1.54, 1.807) is 37.5 Å². The van der Waals surface area contributed by atoms with Gasteiger partial charge in [0.1, 0.15) is 5.56 Å². The molecule has 2 rings (SSSR count). The molecule has 0 aliphatic carbocycles. The molecule has 19 heavy (non-hydrogen) atoms. The predicted octanol–water partition coefficient (Wildman–Crippen LogP) is 2.74. The second kappa shape index (κ2) is 5.84. The quantitative estimate of drug-likeness (QED) is 0.638. The molecule has 0 radical (unpaired) electrons. The number of nitrogens with zero attached hydrogens (tertiary/aromatic N) is 3. The Morgan fingerprint density at radius 2 is 2.32 bits per heavy atom. The lowest BCUT2D eigenvalue weighted by molar-refractivity contribution is 0.0525. The van der Waals surface area contributed by atoms with Gasteiger partial charge in [0.25, 0.3) is 0 Å². The highest BCUT2D eigenvalue weighted by molar-refractivity contribution is 6.20. The molecule has 100 valence electrons. The second-order valence-corrected chi connectivity index (χ2v) is 4.55. The van der Waals surface area contributed by atoms with Gasteiger partial charge in [-0.2, -0.15) is 5.10 Å². The van der Waals surface area contributed by atoms with Crippen molar-refractivity contribution >= 4 is 17.6 Å². The highest BCUT2D eigenvalue weighted by atomic mass is 35.5. The van der Waals surface area contributed by atoms with Crippen molar-refractivity contribution in [3.05, 3.63) is 41.9 Å². The minimum atomic E-state index is -0.415. The Kier molecular flexibility index (Phi) is 4.16. The van der Waals surface area contributed by atoms with Gasteiger partial charge in [-0.1, -0.05) is 0 Å². The minimum Gasteiger partial charge on any atom is -0.462 e. The average Bonchev–Trinajstić information content (AvgIpc) is 2.88. The molecule has 1 unspecified atom stereocenters. The van der Waals surface area contributed by atoms with Crippen LogP contribution in [0.3, 0.4) is 0 Å². The average molecular weight is 280 g/mol. The maximum atomic E-state index is 11.9. The standard InChI is InChI=1S/C13H14ClN3O2/c1-3-19-13(18)10-5-4-7-15-12(10)17-8-6-11(16-17)9(2)14/h4-9H,3H2,1-2H3. The molecule has 0 amide bonds. The summed E-state index contributed by atoms with van der Waals surface area (Å²) in [5.41, 5.74) is 1.10. The van der Waals surface area contributed by atoms with Gasteiger partial charge in [-0.3, -0.25) is 0 Å². The first-order valence-corrected chi connectivity index (χ1v) is 6.39. The topological polar surface area (TPSA) is 57.0 Å². The Morgan fingerprint density at radius 1 is 1.53 bits per heavy atom. The fraction of sp³-hybridized carbons (Fsp3) is 0.308. The number of pyridine rings is 1. The zero-order valence-corrected chi connectivity index (χ0v) is 11.5. The highest BCUT2D eigenvalue weighted by Crippen LogP contribution is 2.19. The first kappa shape index (κ1) is 13.5. The van der Waals surface area contributed by atoms with Crippen molar-refractivity contribution in [2.75, 3.05) is 6.61 Å². The Bertz CT molecular complexity index is 581. The Labute approximate surface area is 116 Å². The number of rotatable bonds is 4. The van der Waals surface area contributed by atoms with Crippen LogP contribution in [0.2, 0.25) is 0 Å². The number of aromatic nitrogens is 3. The largest absolute Gasteiger partial charge is 0.462 e. The van der Waals surface area contributed by atoms with Crippen molar-refractivity contribution in [2.24, 2.45) is 0 Å². The predicted molar refractivity (Wildman–Crippen MR) is 71.6 cm³/mol. The van der Waals surface area contributed by atoms with Gasteiger partial charge in [0.05, 0.1) is 17.7 Å². The third-order valence-corrected chi connectivity index (χ3v) is 2.74. The molecule has 2 aromatic rings. The Morgan fingerprint density at radius 3 is 2.95 bits per heavy atom. The molecular weight excluding hydrogens is 266 g/mol. The van der Waals surface area contributed by atoms with Crippen LogP contribution in [0.4, 0.5) is 0 Å². The van der Waals surface area contributed by atoms with Crippen LogP contribution in [0.25, 0.3) is 5.82 Å². The molecule has 5 nitrogen and oxygen atoms in total. The minimum absolute atomic E-state index is 0.198. The molecule has 0 aromatic carbocycles. The van der Waals surface area contributed by atoms with E-state index in [1.165, 1.54) is 4.68 Å². The van der Waals surface area contributed by atoms with Gasteiger partial charge in [0, 0.05) is 12.4 Å². The van der Waals surface area contributed by atoms with Crippen molar-refractivity contribution in [3.8, 4) is 5.82 Å². The number of esters is 1. The normalized spacial score (nSPS) is 12.2. The maximum Gasteiger partial charge on any atom is 0.341 e. The van der Waals surface area contributed by atoms with E-state index in [-0.39, 0.29) is 5.38 Å². The highest BCUT2D eigenvalue weighted by Gasteiger charge is 2.16. The summed E-state index contributed by atoms with van der Waals surface area (Å²) in [6, 6.07) is 5.14. The van der Waals surface area contributed by atoms with Crippen LogP contribution in [0.1, 0.15) is 35.3 Å². The summed E-state index contributed by atoms with van der Waals surface area (Å²) in [6.45, 7) is 3.91. The molecule has 2 heterocycles. The van der Waals surface area contributed by atoms with Gasteiger partial charge >= 0.3 is 5.97 Å². The molecule has 0 aliphatic rings. The SMILES string of the molecule is CCOC(=O)c1cccnc1-n1ccc(C(C)Cl)n1. The molecule has 0 spiro atoms. The fourth-order valence-electron chi connectivity index (χ4n) is 1.62. The summed E-state index contributed by atoms with van der Waals surface area (Å²) >= 11 is 5.97. The van der Waals surface area contributed by atoms with E-state index in [1.807, 2.05) is 6.92 Å². The zero-order valence-electron chi connectivity index (χ0n) is 10.7. The summed E-state index contributed by atoms with van der Waals surface area (Å²) in [4.78, 5) is 16.0. The van der Waals surface area contributed by atoms with Crippen molar-refractivity contribution in [1.29, 1.82) is 0 Å². The third-order valence-electron chi connectivity index (χ3n) is 2.52. The number of hydrogen-bond donors (Lipinski definition) is 0. The van der Waals surface area contributed by atoms with Gasteiger partial charge in [-0.05, 0) is 32.0 Å². The number of hydrogen-bond acceptors (Lipinski definition) is 4. The van der Waals surface area contributed by atoms with E-state index in [0.717, 1.165) is 5.69 Å². The number of ether oxygens (including phenoxy) is 1. The van der Waals surface area contributed by atoms with Crippen molar-refractivity contribution in [1.82, 2.24) is 14.8 Å². The van der Waals surface area contributed by atoms with E-state index >= 15 is 0 Å². The van der Waals surface area contributed by atoms with Crippen LogP contribution >= 0.6 is 11.6 Å². The number of alkyl halides is 1. The van der Waals surface area contributed by atoms with Crippen LogP contribution in [0.15, 0.2) is 30.6 Å². The van der Waals surface area contributed by atoms with E-state index < -0.39 is 5.97 Å².